The van der Waals surface area contributed by atoms with Gasteiger partial charge in [-0.25, -0.2) is 0 Å². The van der Waals surface area contributed by atoms with Crippen LogP contribution in [0.5, 0.6) is 0 Å². The Morgan fingerprint density at radius 3 is 1.09 bits per heavy atom. The van der Waals surface area contributed by atoms with E-state index in [-0.39, 0.29) is 23.1 Å². The minimum absolute atomic E-state index is 0.0577. The molecular formula is C30H56O12S. The molecule has 0 rings (SSSR count). The Labute approximate surface area is 262 Å². The first kappa shape index (κ1) is 43.9. The Bertz CT molecular complexity index is 657. The van der Waals surface area contributed by atoms with Crippen LogP contribution in [0.15, 0.2) is 0 Å². The second-order valence-corrected chi connectivity index (χ2v) is 11.7. The third-order valence-electron chi connectivity index (χ3n) is 5.38. The Kier molecular flexibility index (Phi) is 35.9. The summed E-state index contributed by atoms with van der Waals surface area (Å²) < 4.78 is 43.6. The summed E-state index contributed by atoms with van der Waals surface area (Å²) in [5, 5.41) is 0.526. The summed E-state index contributed by atoms with van der Waals surface area (Å²) in [6.45, 7) is 18.0. The van der Waals surface area contributed by atoms with E-state index in [0.717, 1.165) is 6.42 Å². The molecule has 0 aromatic carbocycles. The third-order valence-corrected chi connectivity index (χ3v) is 6.60. The second kappa shape index (κ2) is 35.2. The summed E-state index contributed by atoms with van der Waals surface area (Å²) in [4.78, 5) is 39.7. The molecule has 254 valence electrons. The first-order valence-electron chi connectivity index (χ1n) is 15.1. The summed E-state index contributed by atoms with van der Waals surface area (Å²) in [6.07, 6.45) is 2.02. The van der Waals surface area contributed by atoms with Crippen molar-refractivity contribution in [3.63, 3.8) is 0 Å². The zero-order chi connectivity index (χ0) is 32.4. The van der Waals surface area contributed by atoms with Gasteiger partial charge in [-0.1, -0.05) is 27.7 Å². The van der Waals surface area contributed by atoms with Gasteiger partial charge in [0, 0.05) is 25.4 Å². The van der Waals surface area contributed by atoms with Gasteiger partial charge in [0.05, 0.1) is 104 Å². The molecule has 0 amide bonds. The lowest BCUT2D eigenvalue weighted by Gasteiger charge is -2.12. The Balaban J connectivity index is 0. The largest absolute Gasteiger partial charge is 0.379 e. The highest BCUT2D eigenvalue weighted by Crippen LogP contribution is 2.18. The van der Waals surface area contributed by atoms with Gasteiger partial charge in [-0.2, -0.15) is 9.59 Å². The Morgan fingerprint density at radius 2 is 0.791 bits per heavy atom. The van der Waals surface area contributed by atoms with Crippen molar-refractivity contribution in [3.8, 4) is 0 Å². The highest BCUT2D eigenvalue weighted by molar-refractivity contribution is 8.01. The average Bonchev–Trinajstić information content (AvgIpc) is 2.96. The van der Waals surface area contributed by atoms with Crippen molar-refractivity contribution >= 4 is 29.5 Å². The number of ether oxygens (including phenoxy) is 8. The van der Waals surface area contributed by atoms with Crippen LogP contribution in [0.3, 0.4) is 0 Å². The lowest BCUT2D eigenvalue weighted by Crippen LogP contribution is -2.16. The molecule has 0 saturated carbocycles. The minimum Gasteiger partial charge on any atom is -0.379 e. The molecular weight excluding hydrogens is 584 g/mol. The van der Waals surface area contributed by atoms with Crippen LogP contribution in [0.25, 0.3) is 0 Å². The molecule has 0 aromatic rings. The number of rotatable bonds is 32. The molecule has 0 aliphatic rings. The van der Waals surface area contributed by atoms with Gasteiger partial charge in [0.1, 0.15) is 11.6 Å². The van der Waals surface area contributed by atoms with Gasteiger partial charge in [-0.05, 0) is 18.6 Å². The van der Waals surface area contributed by atoms with E-state index in [1.165, 1.54) is 0 Å². The number of hydrogen-bond donors (Lipinski definition) is 0. The van der Waals surface area contributed by atoms with Crippen molar-refractivity contribution in [2.45, 2.75) is 64.4 Å². The van der Waals surface area contributed by atoms with E-state index >= 15 is 0 Å². The van der Waals surface area contributed by atoms with E-state index in [0.29, 0.717) is 130 Å². The molecule has 0 bridgehead atoms. The van der Waals surface area contributed by atoms with E-state index in [9.17, 15) is 9.59 Å². The van der Waals surface area contributed by atoms with Gasteiger partial charge >= 0.3 is 6.15 Å². The predicted molar refractivity (Wildman–Crippen MR) is 162 cm³/mol. The topological polar surface area (TPSA) is 142 Å². The maximum atomic E-state index is 12.0. The van der Waals surface area contributed by atoms with Crippen molar-refractivity contribution in [1.29, 1.82) is 0 Å². The fourth-order valence-electron chi connectivity index (χ4n) is 3.14. The van der Waals surface area contributed by atoms with Crippen molar-refractivity contribution in [3.05, 3.63) is 0 Å². The lowest BCUT2D eigenvalue weighted by molar-refractivity contribution is -0.191. The standard InChI is InChI=1S/C29H56O10S.CO2/c1-25(2)28(30)8-10-33-12-14-35-16-18-37-20-22-39-24-23-38-21-19-36-17-15-34-13-11-32-9-6-7-29(31)27(5)40-26(3)4;2-1-3/h25-27H,6-24H2,1-5H3;. The maximum absolute atomic E-state index is 12.0. The SMILES string of the molecule is CC(C)SC(C)C(=O)CCCOCCOCCOCCOCCOCCOCCOCCOCCC(=O)C(C)C.O=C=O. The molecule has 12 nitrogen and oxygen atoms in total. The molecule has 0 fully saturated rings. The number of Topliss-reactive ketones (excluding diaryl/α,β-unsaturated/α-hetero) is 2. The summed E-state index contributed by atoms with van der Waals surface area (Å²) in [5.74, 6) is 0.575. The smallest absolute Gasteiger partial charge is 0.373 e. The van der Waals surface area contributed by atoms with Crippen LogP contribution < -0.4 is 0 Å². The summed E-state index contributed by atoms with van der Waals surface area (Å²) in [6, 6.07) is 0. The molecule has 0 saturated heterocycles. The Morgan fingerprint density at radius 1 is 0.488 bits per heavy atom. The predicted octanol–water partition coefficient (Wildman–Crippen LogP) is 3.03. The summed E-state index contributed by atoms with van der Waals surface area (Å²) >= 11 is 1.71. The highest BCUT2D eigenvalue weighted by atomic mass is 32.2. The monoisotopic (exact) mass is 640 g/mol. The van der Waals surface area contributed by atoms with E-state index in [1.54, 1.807) is 11.8 Å². The van der Waals surface area contributed by atoms with Gasteiger partial charge < -0.3 is 37.9 Å². The lowest BCUT2D eigenvalue weighted by atomic mass is 10.1. The van der Waals surface area contributed by atoms with Crippen molar-refractivity contribution in [1.82, 2.24) is 0 Å². The van der Waals surface area contributed by atoms with Crippen molar-refractivity contribution in [2.24, 2.45) is 5.92 Å². The van der Waals surface area contributed by atoms with Crippen LogP contribution in [0, 0.1) is 5.92 Å². The molecule has 1 unspecified atom stereocenters. The fourth-order valence-corrected chi connectivity index (χ4v) is 4.22. The second-order valence-electron chi connectivity index (χ2n) is 9.75. The zero-order valence-corrected chi connectivity index (χ0v) is 27.8. The third kappa shape index (κ3) is 36.8. The normalized spacial score (nSPS) is 11.8. The van der Waals surface area contributed by atoms with Crippen LogP contribution in [0.2, 0.25) is 0 Å². The molecule has 13 heteroatoms. The number of carbonyl (C=O) groups is 2. The fraction of sp³-hybridized carbons (Fsp3) is 0.900. The van der Waals surface area contributed by atoms with Gasteiger partial charge in [0.25, 0.3) is 0 Å². The van der Waals surface area contributed by atoms with Gasteiger partial charge in [-0.15, -0.1) is 11.8 Å². The molecule has 0 radical (unpaired) electrons. The molecule has 0 aliphatic heterocycles. The van der Waals surface area contributed by atoms with Crippen molar-refractivity contribution < 1.29 is 57.1 Å². The van der Waals surface area contributed by atoms with E-state index < -0.39 is 0 Å². The van der Waals surface area contributed by atoms with Crippen LogP contribution in [0.1, 0.15) is 53.9 Å². The molecule has 1 atom stereocenters. The van der Waals surface area contributed by atoms with E-state index in [2.05, 4.69) is 13.8 Å². The molecule has 0 spiro atoms. The minimum atomic E-state index is 0.0577. The summed E-state index contributed by atoms with van der Waals surface area (Å²) in [5.41, 5.74) is 0. The van der Waals surface area contributed by atoms with Crippen LogP contribution in [-0.4, -0.2) is 134 Å². The highest BCUT2D eigenvalue weighted by Gasteiger charge is 2.14. The molecule has 43 heavy (non-hydrogen) atoms. The Hall–Kier alpha value is -1.25. The average molecular weight is 641 g/mol. The van der Waals surface area contributed by atoms with Gasteiger partial charge in [0.15, 0.2) is 0 Å². The first-order chi connectivity index (χ1) is 20.8. The molecule has 0 aromatic heterocycles. The number of carbonyl (C=O) groups excluding carboxylic acids is 4. The van der Waals surface area contributed by atoms with Crippen LogP contribution >= 0.6 is 11.8 Å². The number of hydrogen-bond acceptors (Lipinski definition) is 13. The number of thioether (sulfide) groups is 1. The van der Waals surface area contributed by atoms with E-state index in [4.69, 9.17) is 47.5 Å². The van der Waals surface area contributed by atoms with Crippen LogP contribution in [0.4, 0.5) is 0 Å². The van der Waals surface area contributed by atoms with Crippen molar-refractivity contribution in [2.75, 3.05) is 106 Å². The van der Waals surface area contributed by atoms with E-state index in [1.807, 2.05) is 20.8 Å². The quantitative estimate of drug-likeness (QED) is 0.0996. The molecule has 0 aliphatic carbocycles. The molecule has 0 N–H and O–H groups in total. The number of ketones is 2. The summed E-state index contributed by atoms with van der Waals surface area (Å²) in [7, 11) is 0. The first-order valence-corrected chi connectivity index (χ1v) is 16.0. The van der Waals surface area contributed by atoms with Gasteiger partial charge in [-0.3, -0.25) is 9.59 Å². The van der Waals surface area contributed by atoms with Crippen LogP contribution in [-0.2, 0) is 57.1 Å². The van der Waals surface area contributed by atoms with Gasteiger partial charge in [0.2, 0.25) is 0 Å². The molecule has 0 heterocycles. The maximum Gasteiger partial charge on any atom is 0.373 e. The zero-order valence-electron chi connectivity index (χ0n) is 27.0.